The molecule has 0 aromatic heterocycles. The van der Waals surface area contributed by atoms with Crippen LogP contribution in [0.3, 0.4) is 0 Å². The molecular weight excluding hydrogens is 265 g/mol. The summed E-state index contributed by atoms with van der Waals surface area (Å²) >= 11 is 0. The molecule has 4 heteroatoms. The summed E-state index contributed by atoms with van der Waals surface area (Å²) in [5.41, 5.74) is 1.44. The van der Waals surface area contributed by atoms with Crippen LogP contribution in [0.4, 0.5) is 13.2 Å². The second-order valence-corrected chi connectivity index (χ2v) is 4.78. The van der Waals surface area contributed by atoms with E-state index in [0.717, 1.165) is 23.3 Å². The number of ketones is 1. The molecule has 0 heterocycles. The lowest BCUT2D eigenvalue weighted by atomic mass is 9.98. The fourth-order valence-corrected chi connectivity index (χ4v) is 2.11. The number of hydrogen-bond donors (Lipinski definition) is 0. The highest BCUT2D eigenvalue weighted by atomic mass is 19.4. The average Bonchev–Trinajstić information content (AvgIpc) is 2.36. The van der Waals surface area contributed by atoms with Gasteiger partial charge in [-0.15, -0.1) is 0 Å². The lowest BCUT2D eigenvalue weighted by Gasteiger charge is -2.09. The highest BCUT2D eigenvalue weighted by Crippen LogP contribution is 2.30. The van der Waals surface area contributed by atoms with Crippen LogP contribution in [0.15, 0.2) is 42.5 Å². The van der Waals surface area contributed by atoms with Crippen molar-refractivity contribution in [2.45, 2.75) is 20.0 Å². The summed E-state index contributed by atoms with van der Waals surface area (Å²) in [5.74, 6) is -0.400. The number of hydrogen-bond acceptors (Lipinski definition) is 1. The van der Waals surface area contributed by atoms with Gasteiger partial charge in [0.15, 0.2) is 5.78 Å². The summed E-state index contributed by atoms with van der Waals surface area (Å²) in [6.07, 6.45) is -4.45. The maximum atomic E-state index is 12.7. The molecule has 2 aromatic carbocycles. The molecule has 0 N–H and O–H groups in total. The third-order valence-corrected chi connectivity index (χ3v) is 2.94. The summed E-state index contributed by atoms with van der Waals surface area (Å²) in [5, 5.41) is 0. The number of alkyl halides is 3. The molecule has 0 amide bonds. The van der Waals surface area contributed by atoms with Crippen LogP contribution in [0.5, 0.6) is 0 Å². The predicted octanol–water partition coefficient (Wildman–Crippen LogP) is 4.55. The second-order valence-electron chi connectivity index (χ2n) is 4.78. The van der Waals surface area contributed by atoms with Gasteiger partial charge in [-0.1, -0.05) is 29.3 Å². The van der Waals surface area contributed by atoms with E-state index in [1.165, 1.54) is 12.1 Å². The van der Waals surface area contributed by atoms with Crippen molar-refractivity contribution < 1.29 is 18.0 Å². The quantitative estimate of drug-likeness (QED) is 0.736. The second kappa shape index (κ2) is 5.12. The first-order valence-corrected chi connectivity index (χ1v) is 6.07. The summed E-state index contributed by atoms with van der Waals surface area (Å²) in [7, 11) is 0. The van der Waals surface area contributed by atoms with Crippen LogP contribution in [0.1, 0.15) is 32.6 Å². The van der Waals surface area contributed by atoms with Crippen LogP contribution in [-0.4, -0.2) is 5.78 Å². The third-order valence-electron chi connectivity index (χ3n) is 2.94. The van der Waals surface area contributed by atoms with E-state index in [4.69, 9.17) is 0 Å². The van der Waals surface area contributed by atoms with E-state index in [-0.39, 0.29) is 5.56 Å². The molecule has 0 spiro atoms. The van der Waals surface area contributed by atoms with Crippen molar-refractivity contribution in [3.8, 4) is 0 Å². The summed E-state index contributed by atoms with van der Waals surface area (Å²) in [6.45, 7) is 3.69. The van der Waals surface area contributed by atoms with Gasteiger partial charge in [0.1, 0.15) is 0 Å². The molecule has 0 aliphatic carbocycles. The SMILES string of the molecule is Cc1cc(C)cc(C(=O)c2cccc(C(F)(F)F)c2)c1. The lowest BCUT2D eigenvalue weighted by molar-refractivity contribution is -0.137. The van der Waals surface area contributed by atoms with Crippen molar-refractivity contribution in [3.63, 3.8) is 0 Å². The Labute approximate surface area is 115 Å². The topological polar surface area (TPSA) is 17.1 Å². The standard InChI is InChI=1S/C16H13F3O/c1-10-6-11(2)8-13(7-10)15(20)12-4-3-5-14(9-12)16(17,18)19/h3-9H,1-2H3. The molecule has 20 heavy (non-hydrogen) atoms. The number of aryl methyl sites for hydroxylation is 2. The molecule has 0 aliphatic rings. The molecule has 0 fully saturated rings. The average molecular weight is 278 g/mol. The molecule has 0 saturated heterocycles. The molecule has 2 aromatic rings. The van der Waals surface area contributed by atoms with Crippen molar-refractivity contribution >= 4 is 5.78 Å². The van der Waals surface area contributed by atoms with Crippen molar-refractivity contribution in [2.24, 2.45) is 0 Å². The highest BCUT2D eigenvalue weighted by molar-refractivity contribution is 6.09. The van der Waals surface area contributed by atoms with Gasteiger partial charge >= 0.3 is 6.18 Å². The zero-order valence-electron chi connectivity index (χ0n) is 11.1. The van der Waals surface area contributed by atoms with E-state index in [2.05, 4.69) is 0 Å². The van der Waals surface area contributed by atoms with Crippen LogP contribution in [-0.2, 0) is 6.18 Å². The fourth-order valence-electron chi connectivity index (χ4n) is 2.11. The van der Waals surface area contributed by atoms with Gasteiger partial charge in [0.25, 0.3) is 0 Å². The van der Waals surface area contributed by atoms with E-state index >= 15 is 0 Å². The van der Waals surface area contributed by atoms with Gasteiger partial charge in [-0.2, -0.15) is 13.2 Å². The Balaban J connectivity index is 2.43. The number of halogens is 3. The van der Waals surface area contributed by atoms with Crippen molar-refractivity contribution in [1.82, 2.24) is 0 Å². The largest absolute Gasteiger partial charge is 0.416 e. The minimum absolute atomic E-state index is 0.0461. The Morgan fingerprint density at radius 2 is 1.50 bits per heavy atom. The van der Waals surface area contributed by atoms with Gasteiger partial charge in [0.2, 0.25) is 0 Å². The van der Waals surface area contributed by atoms with E-state index in [0.29, 0.717) is 5.56 Å². The Kier molecular flexibility index (Phi) is 3.66. The van der Waals surface area contributed by atoms with E-state index in [9.17, 15) is 18.0 Å². The smallest absolute Gasteiger partial charge is 0.289 e. The first-order valence-electron chi connectivity index (χ1n) is 6.07. The highest BCUT2D eigenvalue weighted by Gasteiger charge is 2.30. The third kappa shape index (κ3) is 3.07. The minimum atomic E-state index is -4.45. The molecule has 1 nitrogen and oxygen atoms in total. The lowest BCUT2D eigenvalue weighted by Crippen LogP contribution is -2.08. The van der Waals surface area contributed by atoms with Crippen LogP contribution in [0.25, 0.3) is 0 Å². The predicted molar refractivity (Wildman–Crippen MR) is 70.8 cm³/mol. The van der Waals surface area contributed by atoms with Gasteiger partial charge in [-0.05, 0) is 38.1 Å². The Hall–Kier alpha value is -2.10. The Bertz CT molecular complexity index is 637. The normalized spacial score (nSPS) is 11.4. The van der Waals surface area contributed by atoms with Crippen molar-refractivity contribution in [3.05, 3.63) is 70.3 Å². The van der Waals surface area contributed by atoms with Crippen LogP contribution in [0.2, 0.25) is 0 Å². The zero-order chi connectivity index (χ0) is 14.9. The van der Waals surface area contributed by atoms with Crippen LogP contribution >= 0.6 is 0 Å². The van der Waals surface area contributed by atoms with Gasteiger partial charge in [0.05, 0.1) is 5.56 Å². The minimum Gasteiger partial charge on any atom is -0.289 e. The number of carbonyl (C=O) groups excluding carboxylic acids is 1. The van der Waals surface area contributed by atoms with Gasteiger partial charge in [0, 0.05) is 11.1 Å². The number of rotatable bonds is 2. The zero-order valence-corrected chi connectivity index (χ0v) is 11.1. The van der Waals surface area contributed by atoms with Crippen LogP contribution < -0.4 is 0 Å². The Morgan fingerprint density at radius 3 is 2.05 bits per heavy atom. The van der Waals surface area contributed by atoms with Crippen LogP contribution in [0, 0.1) is 13.8 Å². The maximum Gasteiger partial charge on any atom is 0.416 e. The summed E-state index contributed by atoms with van der Waals surface area (Å²) in [4.78, 5) is 12.3. The molecule has 2 rings (SSSR count). The van der Waals surface area contributed by atoms with Crippen molar-refractivity contribution in [1.29, 1.82) is 0 Å². The maximum absolute atomic E-state index is 12.7. The molecule has 0 aliphatic heterocycles. The van der Waals surface area contributed by atoms with E-state index in [1.54, 1.807) is 12.1 Å². The van der Waals surface area contributed by atoms with E-state index < -0.39 is 17.5 Å². The molecular formula is C16H13F3O. The first kappa shape index (κ1) is 14.3. The molecule has 0 saturated carbocycles. The molecule has 104 valence electrons. The Morgan fingerprint density at radius 1 is 0.900 bits per heavy atom. The summed E-state index contributed by atoms with van der Waals surface area (Å²) < 4.78 is 38.0. The van der Waals surface area contributed by atoms with Crippen molar-refractivity contribution in [2.75, 3.05) is 0 Å². The van der Waals surface area contributed by atoms with Gasteiger partial charge < -0.3 is 0 Å². The van der Waals surface area contributed by atoms with Gasteiger partial charge in [-0.25, -0.2) is 0 Å². The van der Waals surface area contributed by atoms with E-state index in [1.807, 2.05) is 19.9 Å². The number of benzene rings is 2. The summed E-state index contributed by atoms with van der Waals surface area (Å²) in [6, 6.07) is 9.75. The van der Waals surface area contributed by atoms with Gasteiger partial charge in [-0.3, -0.25) is 4.79 Å². The molecule has 0 unspecified atom stereocenters. The molecule has 0 bridgehead atoms. The fraction of sp³-hybridized carbons (Fsp3) is 0.188. The molecule has 0 radical (unpaired) electrons. The molecule has 0 atom stereocenters. The first-order chi connectivity index (χ1) is 9.27. The number of carbonyl (C=O) groups is 1. The monoisotopic (exact) mass is 278 g/mol.